The van der Waals surface area contributed by atoms with Crippen LogP contribution < -0.4 is 4.74 Å². The van der Waals surface area contributed by atoms with Crippen LogP contribution in [0, 0.1) is 5.82 Å². The molecule has 3 aromatic rings. The van der Waals surface area contributed by atoms with Gasteiger partial charge in [0.2, 0.25) is 0 Å². The molecule has 29 heavy (non-hydrogen) atoms. The van der Waals surface area contributed by atoms with Crippen molar-refractivity contribution in [1.29, 1.82) is 0 Å². The van der Waals surface area contributed by atoms with Crippen molar-refractivity contribution in [1.82, 2.24) is 4.98 Å². The highest BCUT2D eigenvalue weighted by Crippen LogP contribution is 2.28. The molecule has 0 bridgehead atoms. The third-order valence-corrected chi connectivity index (χ3v) is 5.06. The zero-order chi connectivity index (χ0) is 20.5. The van der Waals surface area contributed by atoms with Gasteiger partial charge < -0.3 is 4.74 Å². The molecule has 0 saturated carbocycles. The number of unbranched alkanes of at least 4 members (excludes halogenated alkanes) is 3. The van der Waals surface area contributed by atoms with Crippen LogP contribution >= 0.6 is 0 Å². The summed E-state index contributed by atoms with van der Waals surface area (Å²) in [4.78, 5) is 4.56. The second-order valence-corrected chi connectivity index (χ2v) is 7.43. The van der Waals surface area contributed by atoms with Gasteiger partial charge in [-0.1, -0.05) is 69.9 Å². The van der Waals surface area contributed by atoms with Gasteiger partial charge in [-0.05, 0) is 42.2 Å². The number of hydrogen-bond acceptors (Lipinski definition) is 2. The van der Waals surface area contributed by atoms with Gasteiger partial charge in [0, 0.05) is 23.4 Å². The van der Waals surface area contributed by atoms with E-state index in [0.717, 1.165) is 42.5 Å². The zero-order valence-corrected chi connectivity index (χ0v) is 17.5. The van der Waals surface area contributed by atoms with E-state index in [4.69, 9.17) is 4.74 Å². The quantitative estimate of drug-likeness (QED) is 0.334. The molecule has 0 aliphatic carbocycles. The van der Waals surface area contributed by atoms with E-state index in [1.54, 1.807) is 6.07 Å². The number of aryl methyl sites for hydroxylation is 1. The van der Waals surface area contributed by atoms with Crippen molar-refractivity contribution in [2.75, 3.05) is 6.61 Å². The smallest absolute Gasteiger partial charge is 0.134 e. The first kappa shape index (κ1) is 21.0. The van der Waals surface area contributed by atoms with Crippen LogP contribution in [0.25, 0.3) is 22.4 Å². The van der Waals surface area contributed by atoms with Gasteiger partial charge in [0.15, 0.2) is 0 Å². The molecule has 3 heteroatoms. The molecule has 0 saturated heterocycles. The van der Waals surface area contributed by atoms with Crippen molar-refractivity contribution < 1.29 is 9.13 Å². The van der Waals surface area contributed by atoms with E-state index in [2.05, 4.69) is 24.9 Å². The van der Waals surface area contributed by atoms with Gasteiger partial charge in [-0.15, -0.1) is 0 Å². The lowest BCUT2D eigenvalue weighted by Crippen LogP contribution is -1.98. The fourth-order valence-electron chi connectivity index (χ4n) is 3.39. The van der Waals surface area contributed by atoms with Crippen LogP contribution in [0.1, 0.15) is 51.5 Å². The summed E-state index contributed by atoms with van der Waals surface area (Å²) >= 11 is 0. The van der Waals surface area contributed by atoms with Gasteiger partial charge in [-0.3, -0.25) is 4.98 Å². The molecular weight excluding hydrogens is 361 g/mol. The van der Waals surface area contributed by atoms with Gasteiger partial charge in [0.05, 0.1) is 12.3 Å². The summed E-state index contributed by atoms with van der Waals surface area (Å²) in [5.74, 6) is 0.335. The normalized spacial score (nSPS) is 10.9. The molecule has 1 aromatic heterocycles. The highest BCUT2D eigenvalue weighted by atomic mass is 19.1. The molecule has 1 heterocycles. The minimum Gasteiger partial charge on any atom is -0.493 e. The molecule has 0 aliphatic rings. The summed E-state index contributed by atoms with van der Waals surface area (Å²) in [5.41, 5.74) is 4.65. The molecule has 0 spiro atoms. The summed E-state index contributed by atoms with van der Waals surface area (Å²) in [6.07, 6.45) is 8.67. The second kappa shape index (κ2) is 10.8. The predicted octanol–water partition coefficient (Wildman–Crippen LogP) is 7.47. The van der Waals surface area contributed by atoms with Crippen molar-refractivity contribution in [3.8, 4) is 28.1 Å². The predicted molar refractivity (Wildman–Crippen MR) is 119 cm³/mol. The van der Waals surface area contributed by atoms with Crippen LogP contribution in [0.5, 0.6) is 5.75 Å². The number of aromatic nitrogens is 1. The largest absolute Gasteiger partial charge is 0.493 e. The third-order valence-electron chi connectivity index (χ3n) is 5.06. The Labute approximate surface area is 173 Å². The molecular formula is C26H30FNO. The number of rotatable bonds is 10. The Morgan fingerprint density at radius 1 is 0.828 bits per heavy atom. The molecule has 3 rings (SSSR count). The van der Waals surface area contributed by atoms with E-state index in [1.165, 1.54) is 24.5 Å². The Morgan fingerprint density at radius 2 is 1.62 bits per heavy atom. The van der Waals surface area contributed by atoms with Crippen molar-refractivity contribution in [3.05, 3.63) is 72.2 Å². The second-order valence-electron chi connectivity index (χ2n) is 7.43. The first-order valence-corrected chi connectivity index (χ1v) is 10.7. The van der Waals surface area contributed by atoms with Crippen molar-refractivity contribution in [3.63, 3.8) is 0 Å². The topological polar surface area (TPSA) is 22.1 Å². The van der Waals surface area contributed by atoms with E-state index in [9.17, 15) is 4.39 Å². The Bertz CT molecular complexity index is 888. The number of nitrogens with zero attached hydrogens (tertiary/aromatic N) is 1. The fourth-order valence-corrected chi connectivity index (χ4v) is 3.39. The van der Waals surface area contributed by atoms with Gasteiger partial charge >= 0.3 is 0 Å². The molecule has 0 aliphatic heterocycles. The molecule has 0 fully saturated rings. The molecule has 2 aromatic carbocycles. The molecule has 0 radical (unpaired) electrons. The van der Waals surface area contributed by atoms with Crippen LogP contribution in [0.3, 0.4) is 0 Å². The Kier molecular flexibility index (Phi) is 7.80. The van der Waals surface area contributed by atoms with Gasteiger partial charge in [0.25, 0.3) is 0 Å². The van der Waals surface area contributed by atoms with Crippen LogP contribution in [0.15, 0.2) is 60.8 Å². The summed E-state index contributed by atoms with van der Waals surface area (Å²) in [6, 6.07) is 17.2. The molecule has 152 valence electrons. The Morgan fingerprint density at radius 3 is 2.28 bits per heavy atom. The van der Waals surface area contributed by atoms with Crippen molar-refractivity contribution in [2.24, 2.45) is 0 Å². The summed E-state index contributed by atoms with van der Waals surface area (Å²) in [7, 11) is 0. The van der Waals surface area contributed by atoms with Crippen molar-refractivity contribution in [2.45, 2.75) is 52.4 Å². The molecule has 2 nitrogen and oxygen atoms in total. The van der Waals surface area contributed by atoms with Gasteiger partial charge in [-0.25, -0.2) is 4.39 Å². The van der Waals surface area contributed by atoms with E-state index >= 15 is 0 Å². The van der Waals surface area contributed by atoms with Gasteiger partial charge in [-0.2, -0.15) is 0 Å². The summed E-state index contributed by atoms with van der Waals surface area (Å²) in [6.45, 7) is 4.98. The average molecular weight is 392 g/mol. The highest BCUT2D eigenvalue weighted by molar-refractivity contribution is 5.69. The maximum atomic E-state index is 14.6. The van der Waals surface area contributed by atoms with Crippen LogP contribution in [-0.2, 0) is 6.42 Å². The minimum absolute atomic E-state index is 0.258. The average Bonchev–Trinajstić information content (AvgIpc) is 2.75. The van der Waals surface area contributed by atoms with Crippen LogP contribution in [0.2, 0.25) is 0 Å². The molecule has 0 N–H and O–H groups in total. The molecule has 0 atom stereocenters. The van der Waals surface area contributed by atoms with Crippen molar-refractivity contribution >= 4 is 0 Å². The first-order valence-electron chi connectivity index (χ1n) is 10.7. The maximum absolute atomic E-state index is 14.6. The molecule has 0 unspecified atom stereocenters. The lowest BCUT2D eigenvalue weighted by molar-refractivity contribution is 0.303. The van der Waals surface area contributed by atoms with Crippen LogP contribution in [-0.4, -0.2) is 11.6 Å². The lowest BCUT2D eigenvalue weighted by Gasteiger charge is -2.09. The molecule has 0 amide bonds. The lowest BCUT2D eigenvalue weighted by atomic mass is 10.0. The standard InChI is InChI=1S/C26H30FNO/c1-3-5-6-7-17-29-23-14-15-24(25(27)18-23)21-10-12-22(13-11-21)26-16-9-20(8-4-2)19-28-26/h9-16,18-19H,3-8,17H2,1-2H3. The maximum Gasteiger partial charge on any atom is 0.134 e. The fraction of sp³-hybridized carbons (Fsp3) is 0.346. The van der Waals surface area contributed by atoms with Crippen LogP contribution in [0.4, 0.5) is 4.39 Å². The van der Waals surface area contributed by atoms with Gasteiger partial charge in [0.1, 0.15) is 11.6 Å². The Balaban J connectivity index is 1.66. The monoisotopic (exact) mass is 391 g/mol. The minimum atomic E-state index is -0.258. The number of benzene rings is 2. The Hall–Kier alpha value is -2.68. The van der Waals surface area contributed by atoms with E-state index in [-0.39, 0.29) is 5.82 Å². The number of ether oxygens (including phenoxy) is 1. The first-order chi connectivity index (χ1) is 14.2. The highest BCUT2D eigenvalue weighted by Gasteiger charge is 2.08. The third kappa shape index (κ3) is 5.90. The number of pyridine rings is 1. The number of halogens is 1. The summed E-state index contributed by atoms with van der Waals surface area (Å²) in [5, 5.41) is 0. The number of hydrogen-bond donors (Lipinski definition) is 0. The zero-order valence-electron chi connectivity index (χ0n) is 17.5. The van der Waals surface area contributed by atoms with E-state index in [0.29, 0.717) is 17.9 Å². The summed E-state index contributed by atoms with van der Waals surface area (Å²) < 4.78 is 20.3. The van der Waals surface area contributed by atoms with E-state index in [1.807, 2.05) is 42.6 Å². The van der Waals surface area contributed by atoms with E-state index < -0.39 is 0 Å². The SMILES string of the molecule is CCCCCCOc1ccc(-c2ccc(-c3ccc(CCC)cn3)cc2)c(F)c1.